The number of allylic oxidation sites excluding steroid dienone is 2. The Morgan fingerprint density at radius 3 is 1.52 bits per heavy atom. The van der Waals surface area contributed by atoms with Gasteiger partial charge in [0.2, 0.25) is 11.6 Å². The van der Waals surface area contributed by atoms with Crippen LogP contribution in [0.4, 0.5) is 35.1 Å². The number of rotatable bonds is 2. The molecule has 1 aromatic carbocycles. The third-order valence-corrected chi connectivity index (χ3v) is 2.01. The predicted octanol–water partition coefficient (Wildman–Crippen LogP) is 3.57. The van der Waals surface area contributed by atoms with Crippen LogP contribution in [0.5, 0.6) is 0 Å². The van der Waals surface area contributed by atoms with Crippen molar-refractivity contribution in [1.82, 2.24) is 0 Å². The molecule has 21 heavy (non-hydrogen) atoms. The summed E-state index contributed by atoms with van der Waals surface area (Å²) in [6, 6.07) is 0. The van der Waals surface area contributed by atoms with Gasteiger partial charge in [0, 0.05) is 47.8 Å². The Kier molecular flexibility index (Phi) is 6.75. The first kappa shape index (κ1) is 20.2. The smallest absolute Gasteiger partial charge is 0.448 e. The molecule has 1 rings (SSSR count). The average Bonchev–Trinajstić information content (AvgIpc) is 2.33. The van der Waals surface area contributed by atoms with Gasteiger partial charge in [-0.1, -0.05) is 0 Å². The van der Waals surface area contributed by atoms with Crippen molar-refractivity contribution < 1.29 is 86.8 Å². The van der Waals surface area contributed by atoms with Crippen LogP contribution in [0.25, 0.3) is 0 Å². The Hall–Kier alpha value is -0.753. The van der Waals surface area contributed by atoms with E-state index < -0.39 is 58.4 Å². The summed E-state index contributed by atoms with van der Waals surface area (Å²) in [4.78, 5) is 11.1. The number of aliphatic hydroxyl groups excluding tert-OH is 1. The molecular formula is C10H2CeF8O2. The first-order valence-corrected chi connectivity index (χ1v) is 4.52. The molecule has 1 N–H and O–H groups in total. The summed E-state index contributed by atoms with van der Waals surface area (Å²) in [5.41, 5.74) is -2.10. The van der Waals surface area contributed by atoms with Gasteiger partial charge in [-0.3, -0.25) is 4.79 Å². The first-order chi connectivity index (χ1) is 8.98. The zero-order chi connectivity index (χ0) is 15.8. The van der Waals surface area contributed by atoms with E-state index in [4.69, 9.17) is 5.11 Å². The standard InChI is InChI=1S/C10H2F8O2.Ce/c11-5-4(2(19)1-3(20)10(16,17)18)6(12)8(14)9(15)7(5)13;/h1,20H;/b3-1-;. The zero-order valence-electron chi connectivity index (χ0n) is 9.46. The van der Waals surface area contributed by atoms with Crippen LogP contribution < -0.4 is 0 Å². The van der Waals surface area contributed by atoms with Crippen LogP contribution in [0.15, 0.2) is 11.8 Å². The molecule has 0 spiro atoms. The van der Waals surface area contributed by atoms with Gasteiger partial charge in [0.05, 0.1) is 5.56 Å². The van der Waals surface area contributed by atoms with E-state index in [-0.39, 0.29) is 41.7 Å². The van der Waals surface area contributed by atoms with Crippen molar-refractivity contribution >= 4 is 5.78 Å². The van der Waals surface area contributed by atoms with E-state index in [1.807, 2.05) is 0 Å². The fourth-order valence-corrected chi connectivity index (χ4v) is 1.10. The molecule has 114 valence electrons. The summed E-state index contributed by atoms with van der Waals surface area (Å²) in [6.45, 7) is 0. The SMILES string of the molecule is O=C(/C=C(\O)C(F)(F)F)c1c(F)c(F)c(F)c(F)c1F.[Ce]. The Morgan fingerprint density at radius 2 is 1.19 bits per heavy atom. The number of benzene rings is 1. The maximum atomic E-state index is 13.1. The summed E-state index contributed by atoms with van der Waals surface area (Å²) in [7, 11) is 0. The molecule has 0 aromatic heterocycles. The number of hydrogen-bond donors (Lipinski definition) is 1. The normalized spacial score (nSPS) is 12.1. The Morgan fingerprint density at radius 1 is 0.857 bits per heavy atom. The molecule has 1 aromatic rings. The number of aliphatic hydroxyl groups is 1. The van der Waals surface area contributed by atoms with E-state index in [0.717, 1.165) is 0 Å². The second-order valence-corrected chi connectivity index (χ2v) is 3.34. The minimum atomic E-state index is -5.42. The summed E-state index contributed by atoms with van der Waals surface area (Å²) in [6.07, 6.45) is -6.11. The first-order valence-electron chi connectivity index (χ1n) is 4.52. The number of halogens is 8. The fourth-order valence-electron chi connectivity index (χ4n) is 1.10. The molecule has 0 aliphatic rings. The molecule has 0 aliphatic carbocycles. The van der Waals surface area contributed by atoms with Crippen molar-refractivity contribution in [2.24, 2.45) is 0 Å². The third-order valence-electron chi connectivity index (χ3n) is 2.01. The monoisotopic (exact) mass is 446 g/mol. The van der Waals surface area contributed by atoms with Gasteiger partial charge in [-0.25, -0.2) is 22.0 Å². The molecular weight excluding hydrogens is 444 g/mol. The van der Waals surface area contributed by atoms with E-state index >= 15 is 0 Å². The number of carbonyl (C=O) groups is 1. The van der Waals surface area contributed by atoms with E-state index in [0.29, 0.717) is 0 Å². The van der Waals surface area contributed by atoms with Gasteiger partial charge in [0.15, 0.2) is 29.1 Å². The van der Waals surface area contributed by atoms with E-state index in [1.165, 1.54) is 0 Å². The van der Waals surface area contributed by atoms with Gasteiger partial charge in [0.1, 0.15) is 0 Å². The van der Waals surface area contributed by atoms with Gasteiger partial charge in [0.25, 0.3) is 0 Å². The quantitative estimate of drug-likeness (QED) is 0.189. The van der Waals surface area contributed by atoms with Crippen LogP contribution in [-0.2, 0) is 0 Å². The number of hydrogen-bond acceptors (Lipinski definition) is 2. The molecule has 2 nitrogen and oxygen atoms in total. The number of carbonyl (C=O) groups excluding carboxylic acids is 1. The third kappa shape index (κ3) is 4.13. The van der Waals surface area contributed by atoms with Crippen LogP contribution in [-0.4, -0.2) is 17.1 Å². The summed E-state index contributed by atoms with van der Waals surface area (Å²) < 4.78 is 99.8. The second-order valence-electron chi connectivity index (χ2n) is 3.34. The molecule has 0 atom stereocenters. The molecule has 0 saturated heterocycles. The maximum Gasteiger partial charge on any atom is 0.448 e. The van der Waals surface area contributed by atoms with Crippen molar-refractivity contribution in [1.29, 1.82) is 0 Å². The Balaban J connectivity index is 0.00000400. The fraction of sp³-hybridized carbons (Fsp3) is 0.100. The van der Waals surface area contributed by atoms with Crippen LogP contribution in [0.2, 0.25) is 0 Å². The maximum absolute atomic E-state index is 13.1. The Bertz CT molecular complexity index is 579. The Labute approximate surface area is 144 Å². The predicted molar refractivity (Wildman–Crippen MR) is 47.3 cm³/mol. The molecule has 0 unspecified atom stereocenters. The van der Waals surface area contributed by atoms with Gasteiger partial charge in [-0.15, -0.1) is 0 Å². The summed E-state index contributed by atoms with van der Waals surface area (Å²) in [5, 5.41) is 8.40. The van der Waals surface area contributed by atoms with E-state index in [2.05, 4.69) is 0 Å². The molecule has 0 heterocycles. The molecule has 11 heteroatoms. The van der Waals surface area contributed by atoms with Crippen LogP contribution in [0.3, 0.4) is 0 Å². The zero-order valence-corrected chi connectivity index (χ0v) is 12.6. The van der Waals surface area contributed by atoms with Gasteiger partial charge < -0.3 is 5.11 Å². The van der Waals surface area contributed by atoms with Crippen LogP contribution >= 0.6 is 0 Å². The van der Waals surface area contributed by atoms with Crippen molar-refractivity contribution in [2.75, 3.05) is 0 Å². The van der Waals surface area contributed by atoms with E-state index in [9.17, 15) is 39.9 Å². The van der Waals surface area contributed by atoms with Crippen molar-refractivity contribution in [3.05, 3.63) is 46.5 Å². The van der Waals surface area contributed by atoms with Crippen molar-refractivity contribution in [2.45, 2.75) is 6.18 Å². The molecule has 0 saturated carbocycles. The summed E-state index contributed by atoms with van der Waals surface area (Å²) in [5.74, 6) is -17.5. The molecule has 0 amide bonds. The van der Waals surface area contributed by atoms with Crippen molar-refractivity contribution in [3.63, 3.8) is 0 Å². The number of ketones is 1. The van der Waals surface area contributed by atoms with Crippen LogP contribution in [0.1, 0.15) is 10.4 Å². The van der Waals surface area contributed by atoms with Gasteiger partial charge in [-0.2, -0.15) is 13.2 Å². The van der Waals surface area contributed by atoms with Gasteiger partial charge >= 0.3 is 6.18 Å². The van der Waals surface area contributed by atoms with Crippen molar-refractivity contribution in [3.8, 4) is 0 Å². The number of alkyl halides is 3. The van der Waals surface area contributed by atoms with E-state index in [1.54, 1.807) is 0 Å². The minimum Gasteiger partial charge on any atom is -0.504 e. The minimum absolute atomic E-state index is 0. The molecule has 0 fully saturated rings. The summed E-state index contributed by atoms with van der Waals surface area (Å²) >= 11 is 0. The molecule has 0 aliphatic heterocycles. The molecule has 0 bridgehead atoms. The second kappa shape index (κ2) is 7.00. The van der Waals surface area contributed by atoms with Gasteiger partial charge in [-0.05, 0) is 0 Å². The van der Waals surface area contributed by atoms with Crippen LogP contribution in [0, 0.1) is 70.8 Å². The largest absolute Gasteiger partial charge is 0.504 e. The average molecular weight is 446 g/mol. The molecule has 0 radical (unpaired) electrons. The topological polar surface area (TPSA) is 37.3 Å².